The topological polar surface area (TPSA) is 0 Å². The summed E-state index contributed by atoms with van der Waals surface area (Å²) in [5.74, 6) is 0. The first-order valence-electron chi connectivity index (χ1n) is 2.65. The fourth-order valence-corrected chi connectivity index (χ4v) is 0.359. The Morgan fingerprint density at radius 2 is 2.11 bits per heavy atom. The van der Waals surface area contributed by atoms with Crippen LogP contribution in [0.15, 0.2) is 23.6 Å². The Balaban J connectivity index is 0. The molecule has 0 aliphatic rings. The van der Waals surface area contributed by atoms with Gasteiger partial charge in [0.2, 0.25) is 0 Å². The lowest BCUT2D eigenvalue weighted by molar-refractivity contribution is 1.22. The molecule has 0 saturated carbocycles. The maximum Gasteiger partial charge on any atom is -0.00352 e. The highest BCUT2D eigenvalue weighted by molar-refractivity contribution is 7.84. The Labute approximate surface area is 63.1 Å². The van der Waals surface area contributed by atoms with E-state index in [1.807, 2.05) is 12.2 Å². The molecular weight excluding hydrogens is 128 g/mol. The van der Waals surface area contributed by atoms with E-state index in [9.17, 15) is 0 Å². The SMILES string of the molecule is C#C.C=C(S)/C=C\CC. The van der Waals surface area contributed by atoms with Crippen molar-refractivity contribution < 1.29 is 0 Å². The van der Waals surface area contributed by atoms with Crippen LogP contribution in [-0.2, 0) is 0 Å². The lowest BCUT2D eigenvalue weighted by Crippen LogP contribution is -1.54. The first-order valence-corrected chi connectivity index (χ1v) is 3.10. The van der Waals surface area contributed by atoms with E-state index in [0.717, 1.165) is 11.3 Å². The standard InChI is InChI=1S/C6H10S.C2H2/c1-3-4-5-6(2)7;1-2/h4-5,7H,2-3H2,1H3;1-2H/b5-4-;. The summed E-state index contributed by atoms with van der Waals surface area (Å²) < 4.78 is 0. The third kappa shape index (κ3) is 18.7. The van der Waals surface area contributed by atoms with Crippen LogP contribution in [0.1, 0.15) is 13.3 Å². The number of terminal acetylenes is 1. The summed E-state index contributed by atoms with van der Waals surface area (Å²) in [6, 6.07) is 0. The molecule has 0 nitrogen and oxygen atoms in total. The Hall–Kier alpha value is -0.610. The van der Waals surface area contributed by atoms with Crippen LogP contribution in [0, 0.1) is 12.8 Å². The lowest BCUT2D eigenvalue weighted by atomic mass is 10.4. The summed E-state index contributed by atoms with van der Waals surface area (Å²) in [4.78, 5) is 0.821. The van der Waals surface area contributed by atoms with Crippen LogP contribution in [0.4, 0.5) is 0 Å². The normalized spacial score (nSPS) is 8.00. The van der Waals surface area contributed by atoms with Crippen LogP contribution in [0.3, 0.4) is 0 Å². The third-order valence-corrected chi connectivity index (χ3v) is 0.695. The minimum absolute atomic E-state index is 0.821. The van der Waals surface area contributed by atoms with Gasteiger partial charge in [-0.3, -0.25) is 0 Å². The highest BCUT2D eigenvalue weighted by atomic mass is 32.1. The fourth-order valence-electron chi connectivity index (χ4n) is 0.254. The number of thiol groups is 1. The zero-order valence-corrected chi connectivity index (χ0v) is 6.57. The first kappa shape index (κ1) is 11.2. The minimum atomic E-state index is 0.821. The minimum Gasteiger partial charge on any atom is -0.144 e. The molecule has 0 rings (SSSR count). The van der Waals surface area contributed by atoms with E-state index >= 15 is 0 Å². The highest BCUT2D eigenvalue weighted by Crippen LogP contribution is 1.96. The summed E-state index contributed by atoms with van der Waals surface area (Å²) in [7, 11) is 0. The summed E-state index contributed by atoms with van der Waals surface area (Å²) in [5.41, 5.74) is 0. The maximum atomic E-state index is 4.00. The van der Waals surface area contributed by atoms with Crippen LogP contribution >= 0.6 is 12.6 Å². The predicted octanol–water partition coefficient (Wildman–Crippen LogP) is 2.65. The lowest BCUT2D eigenvalue weighted by Gasteiger charge is -1.78. The summed E-state index contributed by atoms with van der Waals surface area (Å²) in [6.07, 6.45) is 13.0. The molecule has 0 aliphatic heterocycles. The van der Waals surface area contributed by atoms with Gasteiger partial charge < -0.3 is 0 Å². The smallest absolute Gasteiger partial charge is 0.00352 e. The van der Waals surface area contributed by atoms with Crippen molar-refractivity contribution >= 4 is 12.6 Å². The molecule has 1 heteroatoms. The van der Waals surface area contributed by atoms with Crippen LogP contribution in [-0.4, -0.2) is 0 Å². The van der Waals surface area contributed by atoms with Crippen molar-refractivity contribution in [3.63, 3.8) is 0 Å². The Kier molecular flexibility index (Phi) is 13.0. The van der Waals surface area contributed by atoms with Gasteiger partial charge in [-0.1, -0.05) is 25.7 Å². The molecule has 0 aromatic heterocycles. The largest absolute Gasteiger partial charge is 0.144 e. The van der Waals surface area contributed by atoms with Gasteiger partial charge in [-0.05, 0) is 11.3 Å². The Morgan fingerprint density at radius 3 is 2.22 bits per heavy atom. The first-order chi connectivity index (χ1) is 4.27. The molecule has 0 aromatic carbocycles. The molecule has 0 fully saturated rings. The van der Waals surface area contributed by atoms with Crippen LogP contribution < -0.4 is 0 Å². The van der Waals surface area contributed by atoms with Gasteiger partial charge in [-0.15, -0.1) is 25.5 Å². The van der Waals surface area contributed by atoms with Gasteiger partial charge in [0.25, 0.3) is 0 Å². The zero-order chi connectivity index (χ0) is 7.70. The molecule has 0 spiro atoms. The number of hydrogen-bond donors (Lipinski definition) is 1. The molecule has 0 aromatic rings. The molecular formula is C8H12S. The van der Waals surface area contributed by atoms with E-state index in [0.29, 0.717) is 0 Å². The average molecular weight is 140 g/mol. The van der Waals surface area contributed by atoms with Gasteiger partial charge >= 0.3 is 0 Å². The van der Waals surface area contributed by atoms with Crippen LogP contribution in [0.25, 0.3) is 0 Å². The second-order valence-corrected chi connectivity index (χ2v) is 1.88. The van der Waals surface area contributed by atoms with Crippen LogP contribution in [0.5, 0.6) is 0 Å². The molecule has 0 amide bonds. The van der Waals surface area contributed by atoms with Crippen molar-refractivity contribution in [3.05, 3.63) is 23.6 Å². The van der Waals surface area contributed by atoms with Gasteiger partial charge in [-0.25, -0.2) is 0 Å². The zero-order valence-electron chi connectivity index (χ0n) is 5.67. The molecule has 0 heterocycles. The summed E-state index contributed by atoms with van der Waals surface area (Å²) >= 11 is 3.95. The quantitative estimate of drug-likeness (QED) is 0.340. The fraction of sp³-hybridized carbons (Fsp3) is 0.250. The van der Waals surface area contributed by atoms with Gasteiger partial charge in [-0.2, -0.15) is 0 Å². The van der Waals surface area contributed by atoms with Crippen molar-refractivity contribution in [2.24, 2.45) is 0 Å². The molecule has 0 bridgehead atoms. The van der Waals surface area contributed by atoms with E-state index in [4.69, 9.17) is 0 Å². The molecule has 0 aliphatic carbocycles. The summed E-state index contributed by atoms with van der Waals surface area (Å²) in [5, 5.41) is 0. The molecule has 50 valence electrons. The average Bonchev–Trinajstić information content (AvgIpc) is 1.88. The molecule has 0 unspecified atom stereocenters. The molecule has 0 radical (unpaired) electrons. The van der Waals surface area contributed by atoms with E-state index in [2.05, 4.69) is 39.0 Å². The van der Waals surface area contributed by atoms with E-state index < -0.39 is 0 Å². The Morgan fingerprint density at radius 1 is 1.67 bits per heavy atom. The Bertz CT molecular complexity index is 109. The second-order valence-electron chi connectivity index (χ2n) is 1.30. The second kappa shape index (κ2) is 10.4. The van der Waals surface area contributed by atoms with Crippen molar-refractivity contribution in [2.75, 3.05) is 0 Å². The van der Waals surface area contributed by atoms with Gasteiger partial charge in [0.15, 0.2) is 0 Å². The van der Waals surface area contributed by atoms with Gasteiger partial charge in [0, 0.05) is 0 Å². The maximum absolute atomic E-state index is 4.00. The molecule has 0 N–H and O–H groups in total. The number of allylic oxidation sites excluding steroid dienone is 2. The van der Waals surface area contributed by atoms with Crippen molar-refractivity contribution in [1.82, 2.24) is 0 Å². The van der Waals surface area contributed by atoms with E-state index in [1.54, 1.807) is 0 Å². The molecule has 0 atom stereocenters. The summed E-state index contributed by atoms with van der Waals surface area (Å²) in [6.45, 7) is 5.65. The molecule has 9 heavy (non-hydrogen) atoms. The van der Waals surface area contributed by atoms with Crippen molar-refractivity contribution in [2.45, 2.75) is 13.3 Å². The number of rotatable bonds is 2. The molecule has 0 saturated heterocycles. The predicted molar refractivity (Wildman–Crippen MR) is 47.4 cm³/mol. The third-order valence-electron chi connectivity index (χ3n) is 0.546. The number of hydrogen-bond acceptors (Lipinski definition) is 1. The van der Waals surface area contributed by atoms with E-state index in [-0.39, 0.29) is 0 Å². The van der Waals surface area contributed by atoms with Crippen molar-refractivity contribution in [1.29, 1.82) is 0 Å². The monoisotopic (exact) mass is 140 g/mol. The van der Waals surface area contributed by atoms with E-state index in [1.165, 1.54) is 0 Å². The van der Waals surface area contributed by atoms with Crippen LogP contribution in [0.2, 0.25) is 0 Å². The van der Waals surface area contributed by atoms with Crippen molar-refractivity contribution in [3.8, 4) is 12.8 Å². The highest BCUT2D eigenvalue weighted by Gasteiger charge is 1.68. The van der Waals surface area contributed by atoms with Gasteiger partial charge in [0.05, 0.1) is 0 Å². The van der Waals surface area contributed by atoms with Gasteiger partial charge in [0.1, 0.15) is 0 Å².